The van der Waals surface area contributed by atoms with Crippen LogP contribution in [-0.4, -0.2) is 45.1 Å². The van der Waals surface area contributed by atoms with E-state index in [0.29, 0.717) is 12.1 Å². The second-order valence-electron chi connectivity index (χ2n) is 8.45. The summed E-state index contributed by atoms with van der Waals surface area (Å²) in [5.41, 5.74) is 5.14. The van der Waals surface area contributed by atoms with Crippen molar-refractivity contribution in [3.63, 3.8) is 0 Å². The maximum Gasteiger partial charge on any atom is 0.165 e. The fourth-order valence-electron chi connectivity index (χ4n) is 4.56. The Balaban J connectivity index is 1.34. The van der Waals surface area contributed by atoms with E-state index in [1.807, 2.05) is 25.6 Å². The molecule has 0 aliphatic heterocycles. The normalized spacial score (nSPS) is 18.3. The molecular formula is C22H25N9. The predicted molar refractivity (Wildman–Crippen MR) is 117 cm³/mol. The average molecular weight is 416 g/mol. The highest BCUT2D eigenvalue weighted by Crippen LogP contribution is 2.38. The number of nitrogens with zero attached hydrogens (tertiary/aromatic N) is 8. The van der Waals surface area contributed by atoms with Gasteiger partial charge in [-0.15, -0.1) is 0 Å². The zero-order valence-electron chi connectivity index (χ0n) is 17.8. The monoisotopic (exact) mass is 415 g/mol. The minimum Gasteiger partial charge on any atom is -0.365 e. The van der Waals surface area contributed by atoms with Crippen molar-refractivity contribution in [1.82, 2.24) is 39.0 Å². The summed E-state index contributed by atoms with van der Waals surface area (Å²) in [6, 6.07) is 0.957. The summed E-state index contributed by atoms with van der Waals surface area (Å²) in [7, 11) is 0. The molecule has 0 unspecified atom stereocenters. The Kier molecular flexibility index (Phi) is 4.22. The number of fused-ring (bicyclic) bond motifs is 2. The maximum atomic E-state index is 4.92. The van der Waals surface area contributed by atoms with Crippen LogP contribution in [0.15, 0.2) is 25.0 Å². The van der Waals surface area contributed by atoms with Crippen LogP contribution < -0.4 is 5.32 Å². The number of hydrogen-bond acceptors (Lipinski definition) is 7. The summed E-state index contributed by atoms with van der Waals surface area (Å²) in [5, 5.41) is 3.67. The van der Waals surface area contributed by atoms with Gasteiger partial charge in [-0.2, -0.15) is 0 Å². The SMILES string of the molecule is CCn1c(-c2cnc(C)nc2)nc2c(N[C@@H]3CCc4ncn(C5CC5)c4C3)ncnc21. The van der Waals surface area contributed by atoms with Gasteiger partial charge in [0.1, 0.15) is 18.0 Å². The molecule has 1 fully saturated rings. The Morgan fingerprint density at radius 1 is 1.06 bits per heavy atom. The van der Waals surface area contributed by atoms with Gasteiger partial charge in [-0.05, 0) is 39.5 Å². The van der Waals surface area contributed by atoms with Crippen LogP contribution >= 0.6 is 0 Å². The molecule has 2 aliphatic carbocycles. The number of anilines is 1. The maximum absolute atomic E-state index is 4.92. The van der Waals surface area contributed by atoms with E-state index in [1.54, 1.807) is 6.33 Å². The fourth-order valence-corrected chi connectivity index (χ4v) is 4.56. The minimum absolute atomic E-state index is 0.303. The van der Waals surface area contributed by atoms with Crippen LogP contribution in [-0.2, 0) is 19.4 Å². The predicted octanol–water partition coefficient (Wildman–Crippen LogP) is 3.11. The van der Waals surface area contributed by atoms with E-state index in [0.717, 1.165) is 60.0 Å². The zero-order chi connectivity index (χ0) is 20.9. The van der Waals surface area contributed by atoms with E-state index in [-0.39, 0.29) is 0 Å². The van der Waals surface area contributed by atoms with Crippen LogP contribution in [0, 0.1) is 6.92 Å². The minimum atomic E-state index is 0.303. The second kappa shape index (κ2) is 7.11. The van der Waals surface area contributed by atoms with E-state index >= 15 is 0 Å². The van der Waals surface area contributed by atoms with Crippen molar-refractivity contribution in [2.45, 2.75) is 64.6 Å². The van der Waals surface area contributed by atoms with Gasteiger partial charge in [0.05, 0.1) is 17.6 Å². The quantitative estimate of drug-likeness (QED) is 0.535. The third-order valence-electron chi connectivity index (χ3n) is 6.32. The van der Waals surface area contributed by atoms with Gasteiger partial charge in [-0.25, -0.2) is 29.9 Å². The molecule has 0 radical (unpaired) electrons. The Morgan fingerprint density at radius 3 is 2.68 bits per heavy atom. The highest BCUT2D eigenvalue weighted by Gasteiger charge is 2.31. The summed E-state index contributed by atoms with van der Waals surface area (Å²) in [4.78, 5) is 27.3. The molecule has 0 saturated heterocycles. The lowest BCUT2D eigenvalue weighted by Crippen LogP contribution is -2.29. The molecule has 6 rings (SSSR count). The zero-order valence-corrected chi connectivity index (χ0v) is 17.8. The van der Waals surface area contributed by atoms with Crippen molar-refractivity contribution in [3.05, 3.63) is 42.3 Å². The highest BCUT2D eigenvalue weighted by molar-refractivity contribution is 5.86. The summed E-state index contributed by atoms with van der Waals surface area (Å²) < 4.78 is 4.48. The van der Waals surface area contributed by atoms with Crippen LogP contribution in [0.2, 0.25) is 0 Å². The van der Waals surface area contributed by atoms with Gasteiger partial charge in [0.15, 0.2) is 17.0 Å². The Hall–Kier alpha value is -3.36. The van der Waals surface area contributed by atoms with E-state index in [9.17, 15) is 0 Å². The third kappa shape index (κ3) is 3.15. The van der Waals surface area contributed by atoms with E-state index < -0.39 is 0 Å². The molecule has 0 spiro atoms. The van der Waals surface area contributed by atoms with Crippen molar-refractivity contribution >= 4 is 17.0 Å². The van der Waals surface area contributed by atoms with Crippen molar-refractivity contribution in [3.8, 4) is 11.4 Å². The van der Waals surface area contributed by atoms with Crippen molar-refractivity contribution in [2.75, 3.05) is 5.32 Å². The lowest BCUT2D eigenvalue weighted by Gasteiger charge is -2.24. The standard InChI is InChI=1S/C22H25N9/c1-3-30-21(14-9-23-13(2)24-10-14)29-19-20(25-11-26-22(19)30)28-15-4-7-17-18(8-15)31(12-27-17)16-5-6-16/h9-12,15-16H,3-8H2,1-2H3,(H,25,26,28)/t15-/m1/s1. The number of hydrogen-bond donors (Lipinski definition) is 1. The first-order valence-electron chi connectivity index (χ1n) is 11.0. The topological polar surface area (TPSA) is 99.2 Å². The number of aryl methyl sites for hydroxylation is 3. The molecule has 158 valence electrons. The van der Waals surface area contributed by atoms with Gasteiger partial charge in [-0.3, -0.25) is 0 Å². The molecule has 1 saturated carbocycles. The largest absolute Gasteiger partial charge is 0.365 e. The molecule has 0 amide bonds. The third-order valence-corrected chi connectivity index (χ3v) is 6.32. The fraction of sp³-hybridized carbons (Fsp3) is 0.455. The second-order valence-corrected chi connectivity index (χ2v) is 8.45. The molecule has 4 aromatic heterocycles. The number of rotatable bonds is 5. The van der Waals surface area contributed by atoms with E-state index in [1.165, 1.54) is 24.2 Å². The van der Waals surface area contributed by atoms with Crippen LogP contribution in [0.1, 0.15) is 49.4 Å². The summed E-state index contributed by atoms with van der Waals surface area (Å²) in [6.07, 6.45) is 12.8. The molecule has 0 aromatic carbocycles. The van der Waals surface area contributed by atoms with Gasteiger partial charge in [0.25, 0.3) is 0 Å². The number of aromatic nitrogens is 8. The van der Waals surface area contributed by atoms with Crippen molar-refractivity contribution in [2.24, 2.45) is 0 Å². The molecule has 0 bridgehead atoms. The summed E-state index contributed by atoms with van der Waals surface area (Å²) >= 11 is 0. The lowest BCUT2D eigenvalue weighted by molar-refractivity contribution is 0.564. The summed E-state index contributed by atoms with van der Waals surface area (Å²) in [6.45, 7) is 4.73. The number of imidazole rings is 2. The van der Waals surface area contributed by atoms with Crippen molar-refractivity contribution in [1.29, 1.82) is 0 Å². The Morgan fingerprint density at radius 2 is 1.90 bits per heavy atom. The van der Waals surface area contributed by atoms with Gasteiger partial charge >= 0.3 is 0 Å². The van der Waals surface area contributed by atoms with Crippen LogP contribution in [0.25, 0.3) is 22.6 Å². The molecule has 9 nitrogen and oxygen atoms in total. The molecule has 9 heteroatoms. The molecular weight excluding hydrogens is 390 g/mol. The van der Waals surface area contributed by atoms with Gasteiger partial charge in [0, 0.05) is 43.1 Å². The van der Waals surface area contributed by atoms with Crippen LogP contribution in [0.3, 0.4) is 0 Å². The van der Waals surface area contributed by atoms with Crippen LogP contribution in [0.5, 0.6) is 0 Å². The van der Waals surface area contributed by atoms with Crippen LogP contribution in [0.4, 0.5) is 5.82 Å². The van der Waals surface area contributed by atoms with Crippen molar-refractivity contribution < 1.29 is 0 Å². The van der Waals surface area contributed by atoms with E-state index in [4.69, 9.17) is 4.98 Å². The number of nitrogens with one attached hydrogen (secondary N) is 1. The van der Waals surface area contributed by atoms with E-state index in [2.05, 4.69) is 46.3 Å². The summed E-state index contributed by atoms with van der Waals surface area (Å²) in [5.74, 6) is 2.35. The Labute approximate surface area is 180 Å². The molecule has 4 heterocycles. The molecule has 1 N–H and O–H groups in total. The van der Waals surface area contributed by atoms with Gasteiger partial charge < -0.3 is 14.5 Å². The highest BCUT2D eigenvalue weighted by atomic mass is 15.2. The molecule has 1 atom stereocenters. The average Bonchev–Trinajstić information content (AvgIpc) is 3.43. The molecule has 31 heavy (non-hydrogen) atoms. The smallest absolute Gasteiger partial charge is 0.165 e. The first-order chi connectivity index (χ1) is 15.2. The lowest BCUT2D eigenvalue weighted by atomic mass is 9.95. The molecule has 4 aromatic rings. The first kappa shape index (κ1) is 18.4. The first-order valence-corrected chi connectivity index (χ1v) is 11.0. The molecule has 2 aliphatic rings. The van der Waals surface area contributed by atoms with Gasteiger partial charge in [-0.1, -0.05) is 0 Å². The Bertz CT molecular complexity index is 1250. The van der Waals surface area contributed by atoms with Gasteiger partial charge in [0.2, 0.25) is 0 Å².